The van der Waals surface area contributed by atoms with Crippen LogP contribution in [0.3, 0.4) is 0 Å². The summed E-state index contributed by atoms with van der Waals surface area (Å²) < 4.78 is 20.9. The van der Waals surface area contributed by atoms with E-state index < -0.39 is 11.9 Å². The Hall–Kier alpha value is -3.72. The van der Waals surface area contributed by atoms with Crippen molar-refractivity contribution in [3.8, 4) is 11.5 Å². The highest BCUT2D eigenvalue weighted by atomic mass is 32.2. The first-order valence-electron chi connectivity index (χ1n) is 10.6. The number of ether oxygens (including phenoxy) is 4. The number of aliphatic imine (C=N–C) groups is 1. The summed E-state index contributed by atoms with van der Waals surface area (Å²) in [5.41, 5.74) is 1.35. The van der Waals surface area contributed by atoms with Crippen molar-refractivity contribution in [1.29, 1.82) is 0 Å². The number of carbonyl (C=O) groups is 2. The van der Waals surface area contributed by atoms with Gasteiger partial charge in [0.25, 0.3) is 0 Å². The van der Waals surface area contributed by atoms with Crippen molar-refractivity contribution >= 4 is 40.5 Å². The summed E-state index contributed by atoms with van der Waals surface area (Å²) in [4.78, 5) is 28.9. The van der Waals surface area contributed by atoms with Crippen molar-refractivity contribution in [3.05, 3.63) is 70.3 Å². The average Bonchev–Trinajstić information content (AvgIpc) is 3.13. The molecule has 0 bridgehead atoms. The van der Waals surface area contributed by atoms with Crippen LogP contribution in [0.1, 0.15) is 19.4 Å². The lowest BCUT2D eigenvalue weighted by Crippen LogP contribution is -2.13. The van der Waals surface area contributed by atoms with E-state index >= 15 is 0 Å². The van der Waals surface area contributed by atoms with Gasteiger partial charge >= 0.3 is 11.9 Å². The number of aliphatic hydroxyl groups excluding tert-OH is 1. The normalized spacial score (nSPS) is 15.5. The van der Waals surface area contributed by atoms with Crippen LogP contribution in [0.25, 0.3) is 6.08 Å². The molecule has 0 fully saturated rings. The molecule has 0 atom stereocenters. The van der Waals surface area contributed by atoms with Crippen molar-refractivity contribution in [2.45, 2.75) is 13.8 Å². The van der Waals surface area contributed by atoms with E-state index in [2.05, 4.69) is 9.73 Å². The van der Waals surface area contributed by atoms with Crippen LogP contribution in [0.2, 0.25) is 0 Å². The minimum atomic E-state index is -0.646. The van der Waals surface area contributed by atoms with Gasteiger partial charge in [0.1, 0.15) is 16.4 Å². The number of benzene rings is 2. The lowest BCUT2D eigenvalue weighted by molar-refractivity contribution is -0.143. The second-order valence-corrected chi connectivity index (χ2v) is 7.84. The van der Waals surface area contributed by atoms with E-state index in [-0.39, 0.29) is 24.5 Å². The smallest absolute Gasteiger partial charge is 0.344 e. The van der Waals surface area contributed by atoms with Crippen LogP contribution in [-0.2, 0) is 19.1 Å². The highest BCUT2D eigenvalue weighted by Crippen LogP contribution is 2.41. The number of aliphatic hydroxyl groups is 1. The van der Waals surface area contributed by atoms with Crippen molar-refractivity contribution in [1.82, 2.24) is 0 Å². The summed E-state index contributed by atoms with van der Waals surface area (Å²) in [7, 11) is 1.28. The summed E-state index contributed by atoms with van der Waals surface area (Å²) in [6.45, 7) is 3.83. The van der Waals surface area contributed by atoms with Crippen LogP contribution in [0, 0.1) is 0 Å². The van der Waals surface area contributed by atoms with Crippen LogP contribution in [0.5, 0.6) is 11.5 Å². The van der Waals surface area contributed by atoms with Crippen molar-refractivity contribution in [3.63, 3.8) is 0 Å². The lowest BCUT2D eigenvalue weighted by Gasteiger charge is -2.12. The number of thioether (sulfide) groups is 1. The Morgan fingerprint density at radius 1 is 1.03 bits per heavy atom. The molecule has 1 heterocycles. The summed E-state index contributed by atoms with van der Waals surface area (Å²) in [5, 5.41) is 11.2. The van der Waals surface area contributed by atoms with Gasteiger partial charge in [0.15, 0.2) is 18.1 Å². The van der Waals surface area contributed by atoms with Gasteiger partial charge in [-0.1, -0.05) is 36.0 Å². The number of hydrogen-bond donors (Lipinski definition) is 1. The number of nitrogens with zero attached hydrogens (tertiary/aromatic N) is 1. The van der Waals surface area contributed by atoms with Crippen LogP contribution >= 0.6 is 11.8 Å². The van der Waals surface area contributed by atoms with E-state index in [0.29, 0.717) is 39.3 Å². The maximum Gasteiger partial charge on any atom is 0.344 e. The fraction of sp³-hybridized carbons (Fsp3) is 0.240. The Morgan fingerprint density at radius 2 is 1.79 bits per heavy atom. The number of rotatable bonds is 9. The molecule has 0 spiro atoms. The maximum atomic E-state index is 12.6. The van der Waals surface area contributed by atoms with E-state index in [1.807, 2.05) is 25.1 Å². The third-order valence-electron chi connectivity index (χ3n) is 4.50. The third kappa shape index (κ3) is 6.20. The number of esters is 2. The highest BCUT2D eigenvalue weighted by molar-refractivity contribution is 8.18. The number of carbonyl (C=O) groups excluding carboxylic acids is 2. The van der Waals surface area contributed by atoms with Gasteiger partial charge in [-0.2, -0.15) is 0 Å². The van der Waals surface area contributed by atoms with Gasteiger partial charge in [0, 0.05) is 0 Å². The second kappa shape index (κ2) is 11.9. The van der Waals surface area contributed by atoms with Gasteiger partial charge in [-0.3, -0.25) is 0 Å². The van der Waals surface area contributed by atoms with E-state index in [4.69, 9.17) is 14.2 Å². The van der Waals surface area contributed by atoms with Crippen LogP contribution in [-0.4, -0.2) is 49.0 Å². The number of methoxy groups -OCH3 is 1. The molecule has 0 saturated carbocycles. The van der Waals surface area contributed by atoms with E-state index in [1.54, 1.807) is 43.3 Å². The first-order valence-corrected chi connectivity index (χ1v) is 11.4. The first kappa shape index (κ1) is 24.9. The first-order chi connectivity index (χ1) is 16.5. The molecule has 0 amide bonds. The van der Waals surface area contributed by atoms with E-state index in [9.17, 15) is 14.7 Å². The molecule has 2 aromatic rings. The minimum absolute atomic E-state index is 0.0185. The zero-order chi connectivity index (χ0) is 24.5. The molecule has 0 unspecified atom stereocenters. The summed E-state index contributed by atoms with van der Waals surface area (Å²) in [6, 6.07) is 14.3. The monoisotopic (exact) mass is 483 g/mol. The molecule has 2 aromatic carbocycles. The van der Waals surface area contributed by atoms with Crippen LogP contribution in [0.4, 0.5) is 5.69 Å². The topological polar surface area (TPSA) is 104 Å². The van der Waals surface area contributed by atoms with Crippen LogP contribution in [0.15, 0.2) is 69.8 Å². The fourth-order valence-electron chi connectivity index (χ4n) is 2.96. The summed E-state index contributed by atoms with van der Waals surface area (Å²) in [5.74, 6) is -0.556. The molecule has 0 aliphatic carbocycles. The maximum absolute atomic E-state index is 12.6. The summed E-state index contributed by atoms with van der Waals surface area (Å²) in [6.07, 6.45) is 1.71. The highest BCUT2D eigenvalue weighted by Gasteiger charge is 2.33. The zero-order valence-corrected chi connectivity index (χ0v) is 19.9. The van der Waals surface area contributed by atoms with Gasteiger partial charge in [-0.15, -0.1) is 0 Å². The molecule has 0 radical (unpaired) electrons. The van der Waals surface area contributed by atoms with E-state index in [1.165, 1.54) is 7.11 Å². The molecular formula is C25H25NO7S. The largest absolute Gasteiger partial charge is 0.506 e. The Kier molecular flexibility index (Phi) is 8.75. The Balaban J connectivity index is 1.96. The molecule has 9 heteroatoms. The molecule has 1 N–H and O–H groups in total. The fourth-order valence-corrected chi connectivity index (χ4v) is 4.00. The van der Waals surface area contributed by atoms with Gasteiger partial charge in [-0.05, 0) is 49.8 Å². The SMILES string of the molecule is CCOC(=O)C1=C(O)/C(=C/c2ccc(OCC(=O)OC)c(OCC)c2)SC1=Nc1ccccc1. The standard InChI is InChI=1S/C25H25NO7S/c1-4-31-19-13-16(11-12-18(19)33-15-21(27)30-3)14-20-23(28)22(25(29)32-5-2)24(34-20)26-17-9-7-6-8-10-17/h6-14,28H,4-5,15H2,1-3H3/b20-14-,26-24?. The zero-order valence-electron chi connectivity index (χ0n) is 19.1. The molecule has 1 aliphatic heterocycles. The Morgan fingerprint density at radius 3 is 2.47 bits per heavy atom. The Bertz CT molecular complexity index is 1140. The van der Waals surface area contributed by atoms with Crippen molar-refractivity contribution < 1.29 is 33.6 Å². The molecule has 3 rings (SSSR count). The van der Waals surface area contributed by atoms with Crippen molar-refractivity contribution in [2.75, 3.05) is 26.9 Å². The van der Waals surface area contributed by atoms with Gasteiger partial charge in [-0.25, -0.2) is 14.6 Å². The predicted molar refractivity (Wildman–Crippen MR) is 131 cm³/mol. The molecule has 178 valence electrons. The molecular weight excluding hydrogens is 458 g/mol. The van der Waals surface area contributed by atoms with Gasteiger partial charge < -0.3 is 24.1 Å². The predicted octanol–water partition coefficient (Wildman–Crippen LogP) is 4.83. The summed E-state index contributed by atoms with van der Waals surface area (Å²) >= 11 is 1.16. The molecule has 34 heavy (non-hydrogen) atoms. The molecule has 8 nitrogen and oxygen atoms in total. The molecule has 1 aliphatic rings. The van der Waals surface area contributed by atoms with Gasteiger partial charge in [0.05, 0.1) is 30.9 Å². The average molecular weight is 484 g/mol. The molecule has 0 saturated heterocycles. The van der Waals surface area contributed by atoms with E-state index in [0.717, 1.165) is 11.8 Å². The second-order valence-electron chi connectivity index (χ2n) is 6.81. The quantitative estimate of drug-likeness (QED) is 0.506. The number of hydrogen-bond acceptors (Lipinski definition) is 9. The van der Waals surface area contributed by atoms with Crippen LogP contribution < -0.4 is 9.47 Å². The molecule has 0 aromatic heterocycles. The lowest BCUT2D eigenvalue weighted by atomic mass is 10.1. The Labute approximate surface area is 201 Å². The van der Waals surface area contributed by atoms with Crippen molar-refractivity contribution in [2.24, 2.45) is 4.99 Å². The van der Waals surface area contributed by atoms with Gasteiger partial charge in [0.2, 0.25) is 0 Å². The third-order valence-corrected chi connectivity index (χ3v) is 5.52. The minimum Gasteiger partial charge on any atom is -0.506 e. The number of para-hydroxylation sites is 1.